The van der Waals surface area contributed by atoms with Crippen LogP contribution in [-0.2, 0) is 4.74 Å². The van der Waals surface area contributed by atoms with E-state index in [0.717, 1.165) is 25.6 Å². The van der Waals surface area contributed by atoms with Crippen molar-refractivity contribution >= 4 is 0 Å². The quantitative estimate of drug-likeness (QED) is 0.798. The molecule has 16 heavy (non-hydrogen) atoms. The van der Waals surface area contributed by atoms with Gasteiger partial charge >= 0.3 is 0 Å². The summed E-state index contributed by atoms with van der Waals surface area (Å²) >= 11 is 0. The largest absolute Gasteiger partial charge is 0.392 e. The van der Waals surface area contributed by atoms with E-state index in [1.54, 1.807) is 0 Å². The Bertz CT molecular complexity index is 191. The number of aliphatic hydroxyl groups excluding tert-OH is 1. The molecule has 0 amide bonds. The summed E-state index contributed by atoms with van der Waals surface area (Å²) in [7, 11) is 0. The average Bonchev–Trinajstić information content (AvgIpc) is 2.83. The molecule has 1 heterocycles. The van der Waals surface area contributed by atoms with Crippen LogP contribution in [-0.4, -0.2) is 24.4 Å². The molecule has 2 atom stereocenters. The molecule has 1 saturated heterocycles. The molecular weight excluding hydrogens is 200 g/mol. The van der Waals surface area contributed by atoms with E-state index in [0.29, 0.717) is 11.8 Å². The van der Waals surface area contributed by atoms with Crippen molar-refractivity contribution in [3.05, 3.63) is 0 Å². The zero-order valence-corrected chi connectivity index (χ0v) is 10.5. The molecule has 0 aromatic rings. The lowest BCUT2D eigenvalue weighted by atomic mass is 9.75. The summed E-state index contributed by atoms with van der Waals surface area (Å²) < 4.78 is 5.37. The first-order valence-corrected chi connectivity index (χ1v) is 7.07. The highest BCUT2D eigenvalue weighted by molar-refractivity contribution is 4.83. The first kappa shape index (κ1) is 12.4. The predicted molar refractivity (Wildman–Crippen MR) is 65.3 cm³/mol. The first-order valence-electron chi connectivity index (χ1n) is 7.07. The third-order valence-corrected chi connectivity index (χ3v) is 4.52. The Morgan fingerprint density at radius 2 is 1.88 bits per heavy atom. The molecule has 0 aromatic carbocycles. The number of hydrogen-bond acceptors (Lipinski definition) is 2. The summed E-state index contributed by atoms with van der Waals surface area (Å²) in [5.74, 6) is 1.92. The molecule has 2 heteroatoms. The van der Waals surface area contributed by atoms with E-state index < -0.39 is 0 Å². The molecule has 0 spiro atoms. The highest BCUT2D eigenvalue weighted by Gasteiger charge is 2.32. The molecule has 1 N–H and O–H groups in total. The van der Waals surface area contributed by atoms with Crippen molar-refractivity contribution < 1.29 is 9.84 Å². The Kier molecular flexibility index (Phi) is 4.66. The summed E-state index contributed by atoms with van der Waals surface area (Å²) in [4.78, 5) is 0. The fraction of sp³-hybridized carbons (Fsp3) is 1.00. The molecule has 1 aliphatic carbocycles. The third kappa shape index (κ3) is 2.98. The minimum absolute atomic E-state index is 0.0925. The van der Waals surface area contributed by atoms with Gasteiger partial charge in [0.1, 0.15) is 0 Å². The van der Waals surface area contributed by atoms with E-state index in [2.05, 4.69) is 6.92 Å². The van der Waals surface area contributed by atoms with E-state index in [9.17, 15) is 5.11 Å². The zero-order chi connectivity index (χ0) is 11.4. The van der Waals surface area contributed by atoms with Gasteiger partial charge < -0.3 is 9.84 Å². The van der Waals surface area contributed by atoms with Gasteiger partial charge in [0.25, 0.3) is 0 Å². The monoisotopic (exact) mass is 226 g/mol. The lowest BCUT2D eigenvalue weighted by Crippen LogP contribution is -2.32. The van der Waals surface area contributed by atoms with Gasteiger partial charge in [-0.1, -0.05) is 32.6 Å². The number of rotatable bonds is 4. The molecule has 0 aromatic heterocycles. The molecular formula is C14H26O2. The summed E-state index contributed by atoms with van der Waals surface area (Å²) in [5.41, 5.74) is 0. The van der Waals surface area contributed by atoms with Crippen molar-refractivity contribution in [1.29, 1.82) is 0 Å². The van der Waals surface area contributed by atoms with Crippen molar-refractivity contribution in [3.63, 3.8) is 0 Å². The fourth-order valence-corrected chi connectivity index (χ4v) is 3.43. The van der Waals surface area contributed by atoms with Crippen molar-refractivity contribution in [1.82, 2.24) is 0 Å². The fourth-order valence-electron chi connectivity index (χ4n) is 3.43. The highest BCUT2D eigenvalue weighted by Crippen LogP contribution is 2.36. The van der Waals surface area contributed by atoms with Crippen molar-refractivity contribution in [3.8, 4) is 0 Å². The van der Waals surface area contributed by atoms with Gasteiger partial charge in [-0.25, -0.2) is 0 Å². The summed E-state index contributed by atoms with van der Waals surface area (Å²) in [6.07, 6.45) is 8.82. The van der Waals surface area contributed by atoms with E-state index in [1.165, 1.54) is 38.5 Å². The van der Waals surface area contributed by atoms with Crippen LogP contribution in [0.25, 0.3) is 0 Å². The molecule has 2 unspecified atom stereocenters. The minimum Gasteiger partial charge on any atom is -0.392 e. The van der Waals surface area contributed by atoms with Crippen LogP contribution >= 0.6 is 0 Å². The Hall–Kier alpha value is -0.0800. The number of aliphatic hydroxyl groups is 1. The van der Waals surface area contributed by atoms with Crippen molar-refractivity contribution in [2.45, 2.75) is 58.0 Å². The summed E-state index contributed by atoms with van der Waals surface area (Å²) in [5, 5.41) is 10.3. The molecule has 2 aliphatic rings. The maximum Gasteiger partial charge on any atom is 0.0619 e. The average molecular weight is 226 g/mol. The van der Waals surface area contributed by atoms with Crippen LogP contribution < -0.4 is 0 Å². The topological polar surface area (TPSA) is 29.5 Å². The second kappa shape index (κ2) is 6.02. The molecule has 2 rings (SSSR count). The smallest absolute Gasteiger partial charge is 0.0619 e. The maximum atomic E-state index is 10.3. The molecule has 0 radical (unpaired) electrons. The maximum absolute atomic E-state index is 10.3. The van der Waals surface area contributed by atoms with Gasteiger partial charge in [-0.05, 0) is 31.1 Å². The van der Waals surface area contributed by atoms with E-state index in [4.69, 9.17) is 4.74 Å². The van der Waals surface area contributed by atoms with Crippen LogP contribution in [0.3, 0.4) is 0 Å². The van der Waals surface area contributed by atoms with Gasteiger partial charge in [0.05, 0.1) is 12.7 Å². The lowest BCUT2D eigenvalue weighted by molar-refractivity contribution is 0.0207. The Labute approximate surface area is 99.4 Å². The second-order valence-corrected chi connectivity index (χ2v) is 5.68. The standard InChI is InChI=1S/C14H26O2/c1-2-3-11-4-6-12(7-5-11)14(15)13-8-9-16-10-13/h11-15H,2-10H2,1H3. The predicted octanol–water partition coefficient (Wildman–Crippen LogP) is 2.99. The minimum atomic E-state index is -0.0925. The van der Waals surface area contributed by atoms with Crippen LogP contribution in [0, 0.1) is 17.8 Å². The molecule has 94 valence electrons. The first-order chi connectivity index (χ1) is 7.81. The Morgan fingerprint density at radius 3 is 2.44 bits per heavy atom. The van der Waals surface area contributed by atoms with Crippen LogP contribution in [0.1, 0.15) is 51.9 Å². The molecule has 1 saturated carbocycles. The molecule has 0 bridgehead atoms. The number of ether oxygens (including phenoxy) is 1. The Balaban J connectivity index is 1.74. The van der Waals surface area contributed by atoms with Crippen LogP contribution in [0.5, 0.6) is 0 Å². The van der Waals surface area contributed by atoms with Gasteiger partial charge in [-0.15, -0.1) is 0 Å². The zero-order valence-electron chi connectivity index (χ0n) is 10.5. The van der Waals surface area contributed by atoms with Gasteiger partial charge in [0, 0.05) is 12.5 Å². The second-order valence-electron chi connectivity index (χ2n) is 5.68. The van der Waals surface area contributed by atoms with Crippen molar-refractivity contribution in [2.75, 3.05) is 13.2 Å². The molecule has 2 nitrogen and oxygen atoms in total. The SMILES string of the molecule is CCCC1CCC(C(O)C2CCOC2)CC1. The van der Waals surface area contributed by atoms with Gasteiger partial charge in [-0.2, -0.15) is 0 Å². The van der Waals surface area contributed by atoms with Crippen LogP contribution in [0.4, 0.5) is 0 Å². The normalized spacial score (nSPS) is 37.5. The van der Waals surface area contributed by atoms with E-state index >= 15 is 0 Å². The molecule has 1 aliphatic heterocycles. The highest BCUT2D eigenvalue weighted by atomic mass is 16.5. The summed E-state index contributed by atoms with van der Waals surface area (Å²) in [6.45, 7) is 3.92. The number of hydrogen-bond donors (Lipinski definition) is 1. The summed E-state index contributed by atoms with van der Waals surface area (Å²) in [6, 6.07) is 0. The van der Waals surface area contributed by atoms with E-state index in [1.807, 2.05) is 0 Å². The Morgan fingerprint density at radius 1 is 1.12 bits per heavy atom. The van der Waals surface area contributed by atoms with Gasteiger partial charge in [0.15, 0.2) is 0 Å². The van der Waals surface area contributed by atoms with Gasteiger partial charge in [-0.3, -0.25) is 0 Å². The van der Waals surface area contributed by atoms with Crippen LogP contribution in [0.15, 0.2) is 0 Å². The van der Waals surface area contributed by atoms with E-state index in [-0.39, 0.29) is 6.10 Å². The molecule has 2 fully saturated rings. The third-order valence-electron chi connectivity index (χ3n) is 4.52. The van der Waals surface area contributed by atoms with Gasteiger partial charge in [0.2, 0.25) is 0 Å². The van der Waals surface area contributed by atoms with Crippen LogP contribution in [0.2, 0.25) is 0 Å². The lowest BCUT2D eigenvalue weighted by Gasteiger charge is -2.33. The van der Waals surface area contributed by atoms with Crippen molar-refractivity contribution in [2.24, 2.45) is 17.8 Å².